The minimum absolute atomic E-state index is 0.0863. The predicted octanol–water partition coefficient (Wildman–Crippen LogP) is 6.19. The van der Waals surface area contributed by atoms with Crippen LogP contribution >= 0.6 is 0 Å². The zero-order valence-corrected chi connectivity index (χ0v) is 23.3. The molecular weight excluding hydrogens is 615 g/mol. The lowest BCUT2D eigenvalue weighted by Crippen LogP contribution is -2.43. The maximum absolute atomic E-state index is 13.3. The lowest BCUT2D eigenvalue weighted by atomic mass is 10.1. The third-order valence-corrected chi connectivity index (χ3v) is 8.32. The molecule has 44 heavy (non-hydrogen) atoms. The number of nitrogens with zero attached hydrogens (tertiary/aromatic N) is 4. The molecule has 7 nitrogen and oxygen atoms in total. The number of alkyl halides is 6. The number of aromatic nitrogens is 3. The van der Waals surface area contributed by atoms with Gasteiger partial charge in [0.1, 0.15) is 34.2 Å². The summed E-state index contributed by atoms with van der Waals surface area (Å²) in [6, 6.07) is 11.3. The predicted molar refractivity (Wildman–Crippen MR) is 145 cm³/mol. The standard InChI is InChI=1S/C29H22F7N5O2S/c30-20-5-7-21(8-6-20)44(43)41-11-1-2-24(41)27(42)39-14-17-12-22(18-3-9-25(37-15-18)28(31,32)33)40-23(13-17)19-4-10-26(38-16-19)29(34,35)36/h3-10,12-13,15-16,24H,1-2,11,14H2,(H,39,42). The van der Waals surface area contributed by atoms with Crippen LogP contribution in [0.15, 0.2) is 78.0 Å². The number of amides is 1. The Kier molecular flexibility index (Phi) is 8.79. The first kappa shape index (κ1) is 31.2. The highest BCUT2D eigenvalue weighted by Gasteiger charge is 2.35. The van der Waals surface area contributed by atoms with Gasteiger partial charge in [-0.05, 0) is 79.1 Å². The monoisotopic (exact) mass is 637 g/mol. The van der Waals surface area contributed by atoms with Crippen LogP contribution in [0.3, 0.4) is 0 Å². The van der Waals surface area contributed by atoms with Crippen molar-refractivity contribution in [2.75, 3.05) is 6.54 Å². The highest BCUT2D eigenvalue weighted by atomic mass is 32.2. The van der Waals surface area contributed by atoms with Crippen molar-refractivity contribution in [2.45, 2.75) is 42.7 Å². The van der Waals surface area contributed by atoms with E-state index in [9.17, 15) is 39.7 Å². The Morgan fingerprint density at radius 3 is 1.89 bits per heavy atom. The molecule has 230 valence electrons. The Labute approximate surface area is 248 Å². The van der Waals surface area contributed by atoms with Gasteiger partial charge in [-0.1, -0.05) is 0 Å². The summed E-state index contributed by atoms with van der Waals surface area (Å²) in [7, 11) is -1.72. The van der Waals surface area contributed by atoms with Crippen molar-refractivity contribution >= 4 is 16.9 Å². The number of pyridine rings is 3. The molecule has 1 aliphatic heterocycles. The molecule has 0 spiro atoms. The first-order chi connectivity index (χ1) is 20.8. The summed E-state index contributed by atoms with van der Waals surface area (Å²) in [5, 5.41) is 2.77. The van der Waals surface area contributed by atoms with E-state index in [1.807, 2.05) is 0 Å². The Hall–Kier alpha value is -4.24. The van der Waals surface area contributed by atoms with Gasteiger partial charge in [0.2, 0.25) is 5.91 Å². The highest BCUT2D eigenvalue weighted by molar-refractivity contribution is 7.82. The summed E-state index contributed by atoms with van der Waals surface area (Å²) in [5.74, 6) is -0.929. The molecule has 0 radical (unpaired) electrons. The number of benzene rings is 1. The van der Waals surface area contributed by atoms with Crippen LogP contribution in [0.1, 0.15) is 29.8 Å². The van der Waals surface area contributed by atoms with Gasteiger partial charge < -0.3 is 5.32 Å². The average Bonchev–Trinajstić information content (AvgIpc) is 3.49. The van der Waals surface area contributed by atoms with E-state index in [4.69, 9.17) is 0 Å². The number of carbonyl (C=O) groups excluding carboxylic acids is 1. The summed E-state index contributed by atoms with van der Waals surface area (Å²) in [5.41, 5.74) is -1.08. The summed E-state index contributed by atoms with van der Waals surface area (Å²) in [4.78, 5) is 24.8. The van der Waals surface area contributed by atoms with E-state index in [0.717, 1.165) is 36.7 Å². The van der Waals surface area contributed by atoms with Crippen molar-refractivity contribution < 1.29 is 39.7 Å². The Morgan fingerprint density at radius 1 is 0.864 bits per heavy atom. The van der Waals surface area contributed by atoms with Crippen molar-refractivity contribution in [1.82, 2.24) is 24.6 Å². The van der Waals surface area contributed by atoms with Gasteiger partial charge in [-0.15, -0.1) is 0 Å². The Balaban J connectivity index is 1.40. The second kappa shape index (κ2) is 12.4. The molecule has 1 saturated heterocycles. The van der Waals surface area contributed by atoms with E-state index in [2.05, 4.69) is 20.3 Å². The van der Waals surface area contributed by atoms with Crippen molar-refractivity contribution in [3.63, 3.8) is 0 Å². The molecule has 15 heteroatoms. The molecule has 4 heterocycles. The molecule has 1 fully saturated rings. The molecule has 3 aromatic heterocycles. The van der Waals surface area contributed by atoms with E-state index in [-0.39, 0.29) is 29.1 Å². The van der Waals surface area contributed by atoms with Crippen LogP contribution in [0.5, 0.6) is 0 Å². The van der Waals surface area contributed by atoms with Crippen LogP contribution in [0.2, 0.25) is 0 Å². The van der Waals surface area contributed by atoms with Crippen molar-refractivity contribution in [2.24, 2.45) is 0 Å². The van der Waals surface area contributed by atoms with Gasteiger partial charge in [0.05, 0.1) is 16.3 Å². The van der Waals surface area contributed by atoms with E-state index >= 15 is 0 Å². The summed E-state index contributed by atoms with van der Waals surface area (Å²) in [6.07, 6.45) is -6.36. The summed E-state index contributed by atoms with van der Waals surface area (Å²) in [6.45, 7) is 0.282. The van der Waals surface area contributed by atoms with Crippen LogP contribution in [-0.4, -0.2) is 42.0 Å². The summed E-state index contributed by atoms with van der Waals surface area (Å²) >= 11 is 0. The van der Waals surface area contributed by atoms with Crippen molar-refractivity contribution in [1.29, 1.82) is 0 Å². The zero-order valence-electron chi connectivity index (χ0n) is 22.5. The molecule has 5 rings (SSSR count). The van der Waals surface area contributed by atoms with Gasteiger partial charge in [0.25, 0.3) is 0 Å². The molecule has 0 aliphatic carbocycles. The summed E-state index contributed by atoms with van der Waals surface area (Å²) < 4.78 is 106. The highest BCUT2D eigenvalue weighted by Crippen LogP contribution is 2.32. The molecule has 1 aromatic carbocycles. The van der Waals surface area contributed by atoms with Crippen molar-refractivity contribution in [3.8, 4) is 22.5 Å². The number of rotatable bonds is 7. The largest absolute Gasteiger partial charge is 0.433 e. The van der Waals surface area contributed by atoms with E-state index < -0.39 is 52.5 Å². The first-order valence-electron chi connectivity index (χ1n) is 13.1. The fourth-order valence-corrected chi connectivity index (χ4v) is 5.97. The van der Waals surface area contributed by atoms with Gasteiger partial charge in [0.15, 0.2) is 0 Å². The number of halogens is 7. The van der Waals surface area contributed by atoms with Crippen LogP contribution in [0.4, 0.5) is 30.7 Å². The number of carbonyl (C=O) groups is 1. The van der Waals surface area contributed by atoms with Crippen LogP contribution in [0.25, 0.3) is 22.5 Å². The fraction of sp³-hybridized carbons (Fsp3) is 0.241. The van der Waals surface area contributed by atoms with Crippen LogP contribution < -0.4 is 5.32 Å². The topological polar surface area (TPSA) is 88.1 Å². The third-order valence-electron chi connectivity index (χ3n) is 6.79. The molecule has 0 bridgehead atoms. The molecule has 1 amide bonds. The smallest absolute Gasteiger partial charge is 0.351 e. The molecule has 0 saturated carbocycles. The molecule has 4 aromatic rings. The lowest BCUT2D eigenvalue weighted by molar-refractivity contribution is -0.141. The number of hydrogen-bond donors (Lipinski definition) is 1. The fourth-order valence-electron chi connectivity index (χ4n) is 4.61. The SMILES string of the molecule is O=C(NCc1cc(-c2ccc(C(F)(F)F)nc2)nc(-c2ccc(C(F)(F)F)nc2)c1)C1CCCN1S(=O)c1ccc(F)cc1. The quantitative estimate of drug-likeness (QED) is 0.245. The molecule has 2 atom stereocenters. The van der Waals surface area contributed by atoms with E-state index in [1.165, 1.54) is 40.7 Å². The van der Waals surface area contributed by atoms with Gasteiger partial charge in [-0.2, -0.15) is 26.3 Å². The maximum Gasteiger partial charge on any atom is 0.433 e. The maximum atomic E-state index is 13.3. The number of nitrogens with one attached hydrogen (secondary N) is 1. The average molecular weight is 638 g/mol. The van der Waals surface area contributed by atoms with Gasteiger partial charge >= 0.3 is 12.4 Å². The molecule has 1 aliphatic rings. The van der Waals surface area contributed by atoms with Crippen LogP contribution in [0, 0.1) is 5.82 Å². The number of hydrogen-bond acceptors (Lipinski definition) is 5. The molecule has 1 N–H and O–H groups in total. The Bertz CT molecular complexity index is 1590. The minimum atomic E-state index is -4.66. The minimum Gasteiger partial charge on any atom is -0.351 e. The van der Waals surface area contributed by atoms with Crippen LogP contribution in [-0.2, 0) is 34.7 Å². The normalized spacial score (nSPS) is 16.6. The van der Waals surface area contributed by atoms with Gasteiger partial charge in [0, 0.05) is 36.6 Å². The van der Waals surface area contributed by atoms with E-state index in [0.29, 0.717) is 29.8 Å². The second-order valence-corrected chi connectivity index (χ2v) is 11.3. The molecule has 2 unspecified atom stereocenters. The van der Waals surface area contributed by atoms with E-state index in [1.54, 1.807) is 0 Å². The lowest BCUT2D eigenvalue weighted by Gasteiger charge is -2.22. The third kappa shape index (κ3) is 7.10. The van der Waals surface area contributed by atoms with Gasteiger partial charge in [-0.3, -0.25) is 14.8 Å². The van der Waals surface area contributed by atoms with Gasteiger partial charge in [-0.25, -0.2) is 17.9 Å². The second-order valence-electron chi connectivity index (χ2n) is 9.83. The zero-order chi connectivity index (χ0) is 31.6. The first-order valence-corrected chi connectivity index (χ1v) is 14.2. The molecular formula is C29H22F7N5O2S. The van der Waals surface area contributed by atoms with Crippen molar-refractivity contribution in [3.05, 3.63) is 95.8 Å². The Morgan fingerprint density at radius 2 is 1.41 bits per heavy atom.